The number of para-hydroxylation sites is 1. The lowest BCUT2D eigenvalue weighted by Gasteiger charge is -2.19. The average Bonchev–Trinajstić information content (AvgIpc) is 2.59. The third kappa shape index (κ3) is 5.35. The molecule has 2 aromatic rings. The van der Waals surface area contributed by atoms with Crippen LogP contribution in [0.25, 0.3) is 0 Å². The number of ether oxygens (including phenoxy) is 1. The van der Waals surface area contributed by atoms with Gasteiger partial charge in [0.1, 0.15) is 0 Å². The number of hydrogen-bond acceptors (Lipinski definition) is 3. The summed E-state index contributed by atoms with van der Waals surface area (Å²) in [5, 5.41) is 5.71. The first-order chi connectivity index (χ1) is 12.0. The highest BCUT2D eigenvalue weighted by Crippen LogP contribution is 2.22. The molecule has 0 heterocycles. The Morgan fingerprint density at radius 2 is 1.64 bits per heavy atom. The lowest BCUT2D eigenvalue weighted by Crippen LogP contribution is -2.32. The Kier molecular flexibility index (Phi) is 6.57. The number of anilines is 1. The molecule has 0 aliphatic carbocycles. The summed E-state index contributed by atoms with van der Waals surface area (Å²) < 4.78 is 4.95. The van der Waals surface area contributed by atoms with E-state index in [9.17, 15) is 9.59 Å². The highest BCUT2D eigenvalue weighted by atomic mass is 16.5. The second-order valence-corrected chi connectivity index (χ2v) is 5.85. The van der Waals surface area contributed by atoms with E-state index in [-0.39, 0.29) is 18.9 Å². The van der Waals surface area contributed by atoms with Gasteiger partial charge in [0.05, 0.1) is 19.1 Å². The molecule has 2 aromatic carbocycles. The average molecular weight is 340 g/mol. The highest BCUT2D eigenvalue weighted by molar-refractivity contribution is 5.93. The predicted octanol–water partition coefficient (Wildman–Crippen LogP) is 4.12. The van der Waals surface area contributed by atoms with Gasteiger partial charge in [0.15, 0.2) is 0 Å². The Morgan fingerprint density at radius 3 is 2.24 bits per heavy atom. The van der Waals surface area contributed by atoms with Gasteiger partial charge in [-0.15, -0.1) is 0 Å². The number of alkyl carbamates (subject to hydrolysis) is 1. The van der Waals surface area contributed by atoms with Crippen LogP contribution in [0.2, 0.25) is 0 Å². The van der Waals surface area contributed by atoms with E-state index in [1.54, 1.807) is 6.92 Å². The van der Waals surface area contributed by atoms with E-state index in [4.69, 9.17) is 4.74 Å². The fourth-order valence-corrected chi connectivity index (χ4v) is 2.64. The number of rotatable bonds is 6. The van der Waals surface area contributed by atoms with Crippen molar-refractivity contribution in [2.45, 2.75) is 33.2 Å². The van der Waals surface area contributed by atoms with Gasteiger partial charge in [-0.25, -0.2) is 4.79 Å². The Labute approximate surface area is 148 Å². The summed E-state index contributed by atoms with van der Waals surface area (Å²) >= 11 is 0. The zero-order valence-electron chi connectivity index (χ0n) is 14.8. The molecule has 0 saturated heterocycles. The summed E-state index contributed by atoms with van der Waals surface area (Å²) in [5.41, 5.74) is 3.67. The van der Waals surface area contributed by atoms with Crippen molar-refractivity contribution < 1.29 is 14.3 Å². The minimum atomic E-state index is -0.531. The number of carbonyl (C=O) groups is 2. The van der Waals surface area contributed by atoms with Crippen molar-refractivity contribution in [3.8, 4) is 0 Å². The Bertz CT molecular complexity index is 709. The quantitative estimate of drug-likeness (QED) is 0.831. The van der Waals surface area contributed by atoms with E-state index in [1.807, 2.05) is 62.4 Å². The first-order valence-electron chi connectivity index (χ1n) is 8.35. The van der Waals surface area contributed by atoms with Gasteiger partial charge in [0.25, 0.3) is 0 Å². The van der Waals surface area contributed by atoms with E-state index >= 15 is 0 Å². The molecular weight excluding hydrogens is 316 g/mol. The van der Waals surface area contributed by atoms with Gasteiger partial charge in [0, 0.05) is 5.69 Å². The van der Waals surface area contributed by atoms with Crippen LogP contribution in [-0.4, -0.2) is 18.6 Å². The van der Waals surface area contributed by atoms with Gasteiger partial charge >= 0.3 is 6.09 Å². The Balaban J connectivity index is 2.12. The first-order valence-corrected chi connectivity index (χ1v) is 8.35. The van der Waals surface area contributed by atoms with Gasteiger partial charge < -0.3 is 15.4 Å². The van der Waals surface area contributed by atoms with Crippen molar-refractivity contribution >= 4 is 17.7 Å². The fraction of sp³-hybridized carbons (Fsp3) is 0.300. The molecule has 0 fully saturated rings. The molecule has 0 aliphatic heterocycles. The van der Waals surface area contributed by atoms with E-state index in [0.717, 1.165) is 22.4 Å². The maximum absolute atomic E-state index is 12.5. The maximum atomic E-state index is 12.5. The summed E-state index contributed by atoms with van der Waals surface area (Å²) in [5.74, 6) is -0.164. The van der Waals surface area contributed by atoms with Crippen LogP contribution in [0.3, 0.4) is 0 Å². The number of hydrogen-bond donors (Lipinski definition) is 2. The second kappa shape index (κ2) is 8.87. The molecule has 0 unspecified atom stereocenters. The minimum absolute atomic E-state index is 0.122. The molecule has 2 amide bonds. The predicted molar refractivity (Wildman–Crippen MR) is 98.5 cm³/mol. The number of aryl methyl sites for hydroxylation is 2. The smallest absolute Gasteiger partial charge is 0.407 e. The molecule has 0 bridgehead atoms. The molecule has 0 radical (unpaired) electrons. The SMILES string of the molecule is CCOC(=O)N[C@H](CC(=O)Nc1c(C)cccc1C)c1ccccc1. The zero-order chi connectivity index (χ0) is 18.2. The van der Waals surface area contributed by atoms with Crippen molar-refractivity contribution in [2.24, 2.45) is 0 Å². The number of carbonyl (C=O) groups excluding carboxylic acids is 2. The van der Waals surface area contributed by atoms with Crippen LogP contribution in [0, 0.1) is 13.8 Å². The molecule has 0 spiro atoms. The minimum Gasteiger partial charge on any atom is -0.450 e. The molecule has 2 N–H and O–H groups in total. The topological polar surface area (TPSA) is 67.4 Å². The van der Waals surface area contributed by atoms with Gasteiger partial charge in [-0.3, -0.25) is 4.79 Å². The van der Waals surface area contributed by atoms with Crippen molar-refractivity contribution in [2.75, 3.05) is 11.9 Å². The van der Waals surface area contributed by atoms with Crippen LogP contribution >= 0.6 is 0 Å². The molecule has 1 atom stereocenters. The summed E-state index contributed by atoms with van der Waals surface area (Å²) in [6.45, 7) is 5.93. The number of nitrogens with one attached hydrogen (secondary N) is 2. The standard InChI is InChI=1S/C20H24N2O3/c1-4-25-20(24)21-17(16-11-6-5-7-12-16)13-18(23)22-19-14(2)9-8-10-15(19)3/h5-12,17H,4,13H2,1-3H3,(H,21,24)(H,22,23)/t17-/m1/s1. The molecule has 0 aromatic heterocycles. The number of benzene rings is 2. The van der Waals surface area contributed by atoms with Crippen molar-refractivity contribution in [1.29, 1.82) is 0 Å². The van der Waals surface area contributed by atoms with E-state index in [2.05, 4.69) is 10.6 Å². The molecular formula is C20H24N2O3. The monoisotopic (exact) mass is 340 g/mol. The van der Waals surface area contributed by atoms with Crippen LogP contribution in [0.5, 0.6) is 0 Å². The first kappa shape index (κ1) is 18.5. The molecule has 5 nitrogen and oxygen atoms in total. The van der Waals surface area contributed by atoms with Crippen molar-refractivity contribution in [1.82, 2.24) is 5.32 Å². The molecule has 2 rings (SSSR count). The normalized spacial score (nSPS) is 11.5. The molecule has 25 heavy (non-hydrogen) atoms. The van der Waals surface area contributed by atoms with Gasteiger partial charge in [-0.1, -0.05) is 48.5 Å². The highest BCUT2D eigenvalue weighted by Gasteiger charge is 2.19. The largest absolute Gasteiger partial charge is 0.450 e. The van der Waals surface area contributed by atoms with Crippen LogP contribution in [0.1, 0.15) is 36.1 Å². The number of amides is 2. The van der Waals surface area contributed by atoms with E-state index < -0.39 is 12.1 Å². The molecule has 0 saturated carbocycles. The van der Waals surface area contributed by atoms with Gasteiger partial charge in [0.2, 0.25) is 5.91 Å². The third-order valence-electron chi connectivity index (χ3n) is 3.90. The van der Waals surface area contributed by atoms with Gasteiger partial charge in [-0.05, 0) is 37.5 Å². The molecule has 132 valence electrons. The summed E-state index contributed by atoms with van der Waals surface area (Å²) in [7, 11) is 0. The lowest BCUT2D eigenvalue weighted by molar-refractivity contribution is -0.116. The maximum Gasteiger partial charge on any atom is 0.407 e. The van der Waals surface area contributed by atoms with Crippen LogP contribution in [0.15, 0.2) is 48.5 Å². The lowest BCUT2D eigenvalue weighted by atomic mass is 10.0. The van der Waals surface area contributed by atoms with Crippen LogP contribution < -0.4 is 10.6 Å². The van der Waals surface area contributed by atoms with Crippen LogP contribution in [0.4, 0.5) is 10.5 Å². The Hall–Kier alpha value is -2.82. The third-order valence-corrected chi connectivity index (χ3v) is 3.90. The zero-order valence-corrected chi connectivity index (χ0v) is 14.8. The fourth-order valence-electron chi connectivity index (χ4n) is 2.64. The van der Waals surface area contributed by atoms with Crippen molar-refractivity contribution in [3.05, 3.63) is 65.2 Å². The van der Waals surface area contributed by atoms with E-state index in [0.29, 0.717) is 0 Å². The summed E-state index contributed by atoms with van der Waals surface area (Å²) in [4.78, 5) is 24.3. The summed E-state index contributed by atoms with van der Waals surface area (Å²) in [6, 6.07) is 14.8. The van der Waals surface area contributed by atoms with Gasteiger partial charge in [-0.2, -0.15) is 0 Å². The molecule has 0 aliphatic rings. The second-order valence-electron chi connectivity index (χ2n) is 5.85. The van der Waals surface area contributed by atoms with Crippen LogP contribution in [-0.2, 0) is 9.53 Å². The van der Waals surface area contributed by atoms with Crippen molar-refractivity contribution in [3.63, 3.8) is 0 Å². The molecule has 5 heteroatoms. The van der Waals surface area contributed by atoms with E-state index in [1.165, 1.54) is 0 Å². The summed E-state index contributed by atoms with van der Waals surface area (Å²) in [6.07, 6.45) is -0.410. The Morgan fingerprint density at radius 1 is 1.00 bits per heavy atom.